The molecular formula is C22H22N4O3S. The lowest BCUT2D eigenvalue weighted by Gasteiger charge is -2.23. The zero-order valence-electron chi connectivity index (χ0n) is 16.5. The average Bonchev–Trinajstić information content (AvgIpc) is 2.77. The summed E-state index contributed by atoms with van der Waals surface area (Å²) in [7, 11) is 0. The van der Waals surface area contributed by atoms with Gasteiger partial charge in [0.05, 0.1) is 18.9 Å². The van der Waals surface area contributed by atoms with Crippen LogP contribution in [0.25, 0.3) is 0 Å². The summed E-state index contributed by atoms with van der Waals surface area (Å²) < 4.78 is 4.92. The number of ether oxygens (including phenoxy) is 1. The molecule has 3 aromatic rings. The number of benzene rings is 2. The molecule has 1 amide bonds. The molecule has 0 aliphatic carbocycles. The number of aromatic nitrogens is 2. The first kappa shape index (κ1) is 21.3. The van der Waals surface area contributed by atoms with Crippen LogP contribution in [0.15, 0.2) is 72.0 Å². The smallest absolute Gasteiger partial charge is 0.343 e. The maximum absolute atomic E-state index is 13.0. The number of anilines is 2. The Kier molecular flexibility index (Phi) is 7.40. The lowest BCUT2D eigenvalue weighted by Crippen LogP contribution is -2.32. The molecule has 0 saturated heterocycles. The first-order valence-corrected chi connectivity index (χ1v) is 10.4. The van der Waals surface area contributed by atoms with Crippen LogP contribution in [0.1, 0.15) is 22.8 Å². The molecule has 0 aliphatic heterocycles. The Balaban J connectivity index is 1.71. The number of carbonyl (C=O) groups is 2. The van der Waals surface area contributed by atoms with Crippen molar-refractivity contribution in [2.75, 3.05) is 23.0 Å². The summed E-state index contributed by atoms with van der Waals surface area (Å²) in [6, 6.07) is 19.3. The van der Waals surface area contributed by atoms with E-state index in [-0.39, 0.29) is 29.6 Å². The number of para-hydroxylation sites is 1. The van der Waals surface area contributed by atoms with E-state index >= 15 is 0 Å². The monoisotopic (exact) mass is 422 g/mol. The van der Waals surface area contributed by atoms with E-state index in [1.165, 1.54) is 6.20 Å². The topological polar surface area (TPSA) is 98.4 Å². The molecule has 1 aromatic heterocycles. The van der Waals surface area contributed by atoms with Gasteiger partial charge in [0, 0.05) is 11.9 Å². The first-order chi connectivity index (χ1) is 14.6. The zero-order valence-corrected chi connectivity index (χ0v) is 17.3. The van der Waals surface area contributed by atoms with Crippen LogP contribution in [0.4, 0.5) is 11.5 Å². The standard InChI is InChI=1S/C22H22N4O3S/c1-2-29-21(28)18-13-24-22(25-20(18)23)30-15-19(27)26(17-11-7-4-8-12-17)14-16-9-5-3-6-10-16/h3-13H,2,14-15H2,1H3,(H2,23,24,25). The molecule has 1 heterocycles. The highest BCUT2D eigenvalue weighted by Gasteiger charge is 2.18. The van der Waals surface area contributed by atoms with Crippen molar-refractivity contribution in [3.63, 3.8) is 0 Å². The van der Waals surface area contributed by atoms with Gasteiger partial charge in [0.2, 0.25) is 5.91 Å². The summed E-state index contributed by atoms with van der Waals surface area (Å²) in [5.74, 6) is -0.505. The van der Waals surface area contributed by atoms with Crippen molar-refractivity contribution < 1.29 is 14.3 Å². The third-order valence-corrected chi connectivity index (χ3v) is 5.01. The van der Waals surface area contributed by atoms with Crippen molar-refractivity contribution in [3.8, 4) is 0 Å². The largest absolute Gasteiger partial charge is 0.462 e. The summed E-state index contributed by atoms with van der Waals surface area (Å²) >= 11 is 1.16. The van der Waals surface area contributed by atoms with Crippen molar-refractivity contribution >= 4 is 35.1 Å². The third kappa shape index (κ3) is 5.57. The number of nitrogen functional groups attached to an aromatic ring is 1. The predicted octanol–water partition coefficient (Wildman–Crippen LogP) is 3.56. The van der Waals surface area contributed by atoms with E-state index < -0.39 is 5.97 Å². The highest BCUT2D eigenvalue weighted by atomic mass is 32.2. The first-order valence-electron chi connectivity index (χ1n) is 9.40. The van der Waals surface area contributed by atoms with Gasteiger partial charge in [-0.05, 0) is 24.6 Å². The quantitative estimate of drug-likeness (QED) is 0.337. The van der Waals surface area contributed by atoms with Gasteiger partial charge in [0.1, 0.15) is 11.4 Å². The van der Waals surface area contributed by atoms with E-state index in [9.17, 15) is 9.59 Å². The van der Waals surface area contributed by atoms with Gasteiger partial charge in [-0.15, -0.1) is 0 Å². The number of esters is 1. The highest BCUT2D eigenvalue weighted by molar-refractivity contribution is 7.99. The van der Waals surface area contributed by atoms with E-state index in [2.05, 4.69) is 9.97 Å². The number of carbonyl (C=O) groups excluding carboxylic acids is 2. The number of hydrogen-bond donors (Lipinski definition) is 1. The summed E-state index contributed by atoms with van der Waals surface area (Å²) in [5, 5.41) is 0.321. The molecule has 154 valence electrons. The van der Waals surface area contributed by atoms with E-state index in [0.717, 1.165) is 23.0 Å². The molecule has 3 rings (SSSR count). The van der Waals surface area contributed by atoms with Gasteiger partial charge in [-0.25, -0.2) is 14.8 Å². The molecule has 0 spiro atoms. The van der Waals surface area contributed by atoms with Gasteiger partial charge >= 0.3 is 5.97 Å². The van der Waals surface area contributed by atoms with Crippen molar-refractivity contribution in [1.29, 1.82) is 0 Å². The molecule has 8 heteroatoms. The molecule has 30 heavy (non-hydrogen) atoms. The average molecular weight is 423 g/mol. The van der Waals surface area contributed by atoms with Crippen molar-refractivity contribution in [2.45, 2.75) is 18.6 Å². The van der Waals surface area contributed by atoms with Crippen LogP contribution < -0.4 is 10.6 Å². The maximum Gasteiger partial charge on any atom is 0.343 e. The highest BCUT2D eigenvalue weighted by Crippen LogP contribution is 2.21. The molecule has 0 unspecified atom stereocenters. The second kappa shape index (κ2) is 10.4. The second-order valence-electron chi connectivity index (χ2n) is 6.26. The van der Waals surface area contributed by atoms with Gasteiger partial charge in [-0.1, -0.05) is 60.3 Å². The van der Waals surface area contributed by atoms with Crippen molar-refractivity contribution in [1.82, 2.24) is 9.97 Å². The normalized spacial score (nSPS) is 10.4. The lowest BCUT2D eigenvalue weighted by molar-refractivity contribution is -0.116. The Bertz CT molecular complexity index is 1000. The number of nitrogens with two attached hydrogens (primary N) is 1. The Labute approximate surface area is 179 Å². The Morgan fingerprint density at radius 3 is 2.37 bits per heavy atom. The number of nitrogens with zero attached hydrogens (tertiary/aromatic N) is 3. The third-order valence-electron chi connectivity index (χ3n) is 4.17. The predicted molar refractivity (Wildman–Crippen MR) is 117 cm³/mol. The summed E-state index contributed by atoms with van der Waals surface area (Å²) in [4.78, 5) is 34.8. The Morgan fingerprint density at radius 2 is 1.73 bits per heavy atom. The molecule has 0 bridgehead atoms. The SMILES string of the molecule is CCOC(=O)c1cnc(SCC(=O)N(Cc2ccccc2)c2ccccc2)nc1N. The van der Waals surface area contributed by atoms with Crippen LogP contribution in [0, 0.1) is 0 Å². The molecule has 0 radical (unpaired) electrons. The number of hydrogen-bond acceptors (Lipinski definition) is 7. The molecule has 2 N–H and O–H groups in total. The van der Waals surface area contributed by atoms with Gasteiger partial charge < -0.3 is 15.4 Å². The zero-order chi connectivity index (χ0) is 21.3. The fourth-order valence-corrected chi connectivity index (χ4v) is 3.41. The number of amides is 1. The fourth-order valence-electron chi connectivity index (χ4n) is 2.72. The molecule has 0 atom stereocenters. The molecule has 0 fully saturated rings. The fraction of sp³-hybridized carbons (Fsp3) is 0.182. The van der Waals surface area contributed by atoms with Crippen LogP contribution in [0.2, 0.25) is 0 Å². The molecule has 0 aliphatic rings. The molecule has 7 nitrogen and oxygen atoms in total. The molecule has 0 saturated carbocycles. The number of thioether (sulfide) groups is 1. The van der Waals surface area contributed by atoms with Crippen LogP contribution in [-0.4, -0.2) is 34.2 Å². The van der Waals surface area contributed by atoms with E-state index in [0.29, 0.717) is 11.7 Å². The van der Waals surface area contributed by atoms with Crippen molar-refractivity contribution in [2.24, 2.45) is 0 Å². The maximum atomic E-state index is 13.0. The summed E-state index contributed by atoms with van der Waals surface area (Å²) in [6.07, 6.45) is 1.33. The summed E-state index contributed by atoms with van der Waals surface area (Å²) in [5.41, 5.74) is 7.80. The van der Waals surface area contributed by atoms with E-state index in [1.807, 2.05) is 60.7 Å². The Hall–Kier alpha value is -3.39. The minimum Gasteiger partial charge on any atom is -0.462 e. The van der Waals surface area contributed by atoms with Crippen LogP contribution in [0.3, 0.4) is 0 Å². The van der Waals surface area contributed by atoms with Crippen LogP contribution in [-0.2, 0) is 16.1 Å². The van der Waals surface area contributed by atoms with Crippen LogP contribution in [0.5, 0.6) is 0 Å². The second-order valence-corrected chi connectivity index (χ2v) is 7.20. The van der Waals surface area contributed by atoms with Gasteiger partial charge in [0.25, 0.3) is 0 Å². The lowest BCUT2D eigenvalue weighted by atomic mass is 10.2. The minimum absolute atomic E-state index is 0.0302. The van der Waals surface area contributed by atoms with Gasteiger partial charge in [0.15, 0.2) is 5.16 Å². The van der Waals surface area contributed by atoms with Gasteiger partial charge in [-0.3, -0.25) is 4.79 Å². The van der Waals surface area contributed by atoms with Crippen molar-refractivity contribution in [3.05, 3.63) is 78.0 Å². The summed E-state index contributed by atoms with van der Waals surface area (Å²) in [6.45, 7) is 2.40. The minimum atomic E-state index is -0.569. The van der Waals surface area contributed by atoms with E-state index in [1.54, 1.807) is 11.8 Å². The molecule has 2 aromatic carbocycles. The van der Waals surface area contributed by atoms with E-state index in [4.69, 9.17) is 10.5 Å². The Morgan fingerprint density at radius 1 is 1.07 bits per heavy atom. The number of rotatable bonds is 8. The van der Waals surface area contributed by atoms with Crippen LogP contribution >= 0.6 is 11.8 Å². The molecular weight excluding hydrogens is 400 g/mol. The van der Waals surface area contributed by atoms with Gasteiger partial charge in [-0.2, -0.15) is 0 Å².